The molecule has 164 valence electrons. The molecule has 0 saturated heterocycles. The predicted octanol–water partition coefficient (Wildman–Crippen LogP) is 2.71. The summed E-state index contributed by atoms with van der Waals surface area (Å²) < 4.78 is 1.31. The van der Waals surface area contributed by atoms with E-state index in [1.54, 1.807) is 37.4 Å². The maximum Gasteiger partial charge on any atom is 0.259 e. The van der Waals surface area contributed by atoms with Gasteiger partial charge in [-0.15, -0.1) is 0 Å². The first-order valence-corrected chi connectivity index (χ1v) is 11.1. The monoisotopic (exact) mass is 423 g/mol. The Hall–Kier alpha value is -2.67. The molecule has 2 aromatic rings. The second-order valence-corrected chi connectivity index (χ2v) is 10.3. The molecule has 31 heavy (non-hydrogen) atoms. The van der Waals surface area contributed by atoms with Crippen LogP contribution in [0.25, 0.3) is 10.8 Å². The molecule has 4 N–H and O–H groups in total. The standard InChI is InChI=1S/C24H29N3O4/c1-14(21(25)29)27-6-5-17-18(22(27)30)3-2-4-19(17)26-20(28)12-23-8-15-7-16(9-23)11-24(31,10-15)13-23/h2-6,14-16,31H,7-13H2,1H3,(H2,25,29)(H,26,28)/t14-,15?,16?,23?,24?/m1/s1. The van der Waals surface area contributed by atoms with Crippen LogP contribution in [0.2, 0.25) is 0 Å². The van der Waals surface area contributed by atoms with Crippen molar-refractivity contribution >= 4 is 28.3 Å². The number of nitrogens with zero attached hydrogens (tertiary/aromatic N) is 1. The van der Waals surface area contributed by atoms with Crippen LogP contribution in [0.3, 0.4) is 0 Å². The van der Waals surface area contributed by atoms with Gasteiger partial charge in [0, 0.05) is 29.1 Å². The minimum absolute atomic E-state index is 0.0762. The van der Waals surface area contributed by atoms with Crippen LogP contribution in [0, 0.1) is 17.3 Å². The van der Waals surface area contributed by atoms with Gasteiger partial charge in [0.25, 0.3) is 5.56 Å². The minimum atomic E-state index is -0.753. The van der Waals surface area contributed by atoms with Crippen molar-refractivity contribution in [3.05, 3.63) is 40.8 Å². The normalized spacial score (nSPS) is 32.2. The van der Waals surface area contributed by atoms with Gasteiger partial charge < -0.3 is 20.7 Å². The topological polar surface area (TPSA) is 114 Å². The van der Waals surface area contributed by atoms with E-state index >= 15 is 0 Å². The molecule has 7 heteroatoms. The number of hydrogen-bond acceptors (Lipinski definition) is 4. The van der Waals surface area contributed by atoms with E-state index in [0.29, 0.717) is 41.1 Å². The lowest BCUT2D eigenvalue weighted by atomic mass is 9.47. The number of benzene rings is 1. The van der Waals surface area contributed by atoms with Gasteiger partial charge in [-0.25, -0.2) is 0 Å². The fourth-order valence-electron chi connectivity index (χ4n) is 6.99. The zero-order valence-electron chi connectivity index (χ0n) is 17.8. The van der Waals surface area contributed by atoms with Crippen LogP contribution in [-0.2, 0) is 9.59 Å². The van der Waals surface area contributed by atoms with E-state index in [4.69, 9.17) is 5.73 Å². The van der Waals surface area contributed by atoms with Crippen molar-refractivity contribution in [1.29, 1.82) is 0 Å². The number of nitrogens with one attached hydrogen (secondary N) is 1. The smallest absolute Gasteiger partial charge is 0.259 e. The molecule has 3 atom stereocenters. The van der Waals surface area contributed by atoms with Crippen LogP contribution in [0.5, 0.6) is 0 Å². The molecule has 4 aliphatic carbocycles. The van der Waals surface area contributed by atoms with E-state index in [2.05, 4.69) is 5.32 Å². The largest absolute Gasteiger partial charge is 0.390 e. The van der Waals surface area contributed by atoms with Crippen molar-refractivity contribution in [1.82, 2.24) is 4.57 Å². The van der Waals surface area contributed by atoms with Crippen molar-refractivity contribution in [2.45, 2.75) is 63.5 Å². The molecule has 4 aliphatic rings. The number of nitrogens with two attached hydrogens (primary N) is 1. The summed E-state index contributed by atoms with van der Waals surface area (Å²) in [6.45, 7) is 1.58. The van der Waals surface area contributed by atoms with Gasteiger partial charge in [0.2, 0.25) is 11.8 Å². The third-order valence-electron chi connectivity index (χ3n) is 7.76. The maximum absolute atomic E-state index is 13.1. The van der Waals surface area contributed by atoms with E-state index in [0.717, 1.165) is 25.7 Å². The van der Waals surface area contributed by atoms with Crippen LogP contribution in [0.15, 0.2) is 35.3 Å². The summed E-state index contributed by atoms with van der Waals surface area (Å²) >= 11 is 0. The number of pyridine rings is 1. The molecule has 4 saturated carbocycles. The Morgan fingerprint density at radius 2 is 1.90 bits per heavy atom. The fourth-order valence-corrected chi connectivity index (χ4v) is 6.99. The summed E-state index contributed by atoms with van der Waals surface area (Å²) in [7, 11) is 0. The first-order chi connectivity index (χ1) is 14.7. The summed E-state index contributed by atoms with van der Waals surface area (Å²) in [5.41, 5.74) is 4.92. The summed E-state index contributed by atoms with van der Waals surface area (Å²) in [4.78, 5) is 37.4. The highest BCUT2D eigenvalue weighted by atomic mass is 16.3. The van der Waals surface area contributed by atoms with Crippen LogP contribution in [0.4, 0.5) is 5.69 Å². The number of aromatic nitrogens is 1. The van der Waals surface area contributed by atoms with Crippen molar-refractivity contribution in [2.24, 2.45) is 23.0 Å². The van der Waals surface area contributed by atoms with Crippen LogP contribution < -0.4 is 16.6 Å². The van der Waals surface area contributed by atoms with E-state index in [9.17, 15) is 19.5 Å². The molecular weight excluding hydrogens is 394 g/mol. The quantitative estimate of drug-likeness (QED) is 0.686. The van der Waals surface area contributed by atoms with E-state index < -0.39 is 17.6 Å². The van der Waals surface area contributed by atoms with E-state index in [1.165, 1.54) is 11.0 Å². The Morgan fingerprint density at radius 1 is 1.19 bits per heavy atom. The number of rotatable bonds is 5. The number of amides is 2. The molecule has 0 radical (unpaired) electrons. The van der Waals surface area contributed by atoms with Crippen LogP contribution in [-0.4, -0.2) is 27.1 Å². The third-order valence-corrected chi connectivity index (χ3v) is 7.76. The molecule has 1 heterocycles. The highest BCUT2D eigenvalue weighted by molar-refractivity contribution is 6.02. The lowest BCUT2D eigenvalue weighted by Gasteiger charge is -2.60. The third kappa shape index (κ3) is 3.45. The molecule has 2 unspecified atom stereocenters. The van der Waals surface area contributed by atoms with Gasteiger partial charge in [-0.05, 0) is 80.9 Å². The Labute approximate surface area is 180 Å². The molecule has 0 aliphatic heterocycles. The number of carbonyl (C=O) groups excluding carboxylic acids is 2. The average molecular weight is 424 g/mol. The van der Waals surface area contributed by atoms with Gasteiger partial charge in [-0.3, -0.25) is 14.4 Å². The van der Waals surface area contributed by atoms with Gasteiger partial charge in [0.1, 0.15) is 6.04 Å². The minimum Gasteiger partial charge on any atom is -0.390 e. The Balaban J connectivity index is 1.40. The molecule has 6 rings (SSSR count). The Bertz CT molecular complexity index is 1120. The first-order valence-electron chi connectivity index (χ1n) is 11.1. The summed E-state index contributed by atoms with van der Waals surface area (Å²) in [5, 5.41) is 15.0. The number of hydrogen-bond donors (Lipinski definition) is 3. The zero-order chi connectivity index (χ0) is 22.0. The predicted molar refractivity (Wildman–Crippen MR) is 117 cm³/mol. The number of primary amides is 1. The molecule has 0 spiro atoms. The van der Waals surface area contributed by atoms with Crippen LogP contribution >= 0.6 is 0 Å². The number of fused-ring (bicyclic) bond motifs is 1. The molecule has 4 fully saturated rings. The second kappa shape index (κ2) is 6.92. The summed E-state index contributed by atoms with van der Waals surface area (Å²) in [5.74, 6) is 0.403. The second-order valence-electron chi connectivity index (χ2n) is 10.3. The lowest BCUT2D eigenvalue weighted by Crippen LogP contribution is -2.56. The molecule has 7 nitrogen and oxygen atoms in total. The number of anilines is 1. The van der Waals surface area contributed by atoms with Crippen molar-refractivity contribution in [3.63, 3.8) is 0 Å². The lowest BCUT2D eigenvalue weighted by molar-refractivity contribution is -0.167. The SMILES string of the molecule is C[C@H](C(N)=O)n1ccc2c(NC(=O)CC34CC5CC(CC(O)(C5)C3)C4)cccc2c1=O. The van der Waals surface area contributed by atoms with Gasteiger partial charge in [-0.1, -0.05) is 6.07 Å². The zero-order valence-corrected chi connectivity index (χ0v) is 17.8. The fraction of sp³-hybridized carbons (Fsp3) is 0.542. The molecule has 1 aromatic heterocycles. The molecule has 2 amide bonds. The van der Waals surface area contributed by atoms with Crippen molar-refractivity contribution in [3.8, 4) is 0 Å². The van der Waals surface area contributed by atoms with E-state index in [1.807, 2.05) is 0 Å². The summed E-state index contributed by atoms with van der Waals surface area (Å²) in [6, 6.07) is 6.18. The number of carbonyl (C=O) groups is 2. The van der Waals surface area contributed by atoms with Gasteiger partial charge in [0.05, 0.1) is 5.60 Å². The highest BCUT2D eigenvalue weighted by Crippen LogP contribution is 2.62. The van der Waals surface area contributed by atoms with Gasteiger partial charge >= 0.3 is 0 Å². The van der Waals surface area contributed by atoms with Gasteiger partial charge in [0.15, 0.2) is 0 Å². The Morgan fingerprint density at radius 3 is 2.55 bits per heavy atom. The molecule has 1 aromatic carbocycles. The van der Waals surface area contributed by atoms with Crippen LogP contribution in [0.1, 0.15) is 57.9 Å². The first kappa shape index (κ1) is 20.2. The molecule has 4 bridgehead atoms. The number of aliphatic hydroxyl groups is 1. The highest BCUT2D eigenvalue weighted by Gasteiger charge is 2.57. The summed E-state index contributed by atoms with van der Waals surface area (Å²) in [6.07, 6.45) is 7.64. The van der Waals surface area contributed by atoms with E-state index in [-0.39, 0.29) is 16.9 Å². The Kier molecular flexibility index (Phi) is 4.52. The average Bonchev–Trinajstić information content (AvgIpc) is 2.65. The van der Waals surface area contributed by atoms with Crippen molar-refractivity contribution in [2.75, 3.05) is 5.32 Å². The van der Waals surface area contributed by atoms with Crippen molar-refractivity contribution < 1.29 is 14.7 Å². The maximum atomic E-state index is 13.1. The van der Waals surface area contributed by atoms with Gasteiger partial charge in [-0.2, -0.15) is 0 Å². The molecular formula is C24H29N3O4.